The number of nitrogens with zero attached hydrogens (tertiary/aromatic N) is 3. The molecule has 0 saturated heterocycles. The van der Waals surface area contributed by atoms with E-state index in [-0.39, 0.29) is 0 Å². The third kappa shape index (κ3) is 3.48. The van der Waals surface area contributed by atoms with E-state index in [9.17, 15) is 10.0 Å². The Morgan fingerprint density at radius 1 is 1.19 bits per heavy atom. The molecule has 2 heterocycles. The molecule has 2 aromatic rings. The predicted octanol–water partition coefficient (Wildman–Crippen LogP) is 0.977. The first-order chi connectivity index (χ1) is 10.2. The maximum Gasteiger partial charge on any atom is 0.488 e. The standard InChI is InChI=1S/C14H18BN3O2S/c19-15(20)12-6-4-5-11(9-12)10-21-14-17-16-13-7-2-1-3-8-18(13)14/h4-6,9,19-20H,1-3,7-8,10H2. The minimum atomic E-state index is -1.42. The highest BCUT2D eigenvalue weighted by molar-refractivity contribution is 7.98. The molecule has 3 rings (SSSR count). The molecule has 0 spiro atoms. The summed E-state index contributed by atoms with van der Waals surface area (Å²) in [7, 11) is -1.42. The van der Waals surface area contributed by atoms with Crippen LogP contribution in [0, 0.1) is 0 Å². The second-order valence-corrected chi connectivity index (χ2v) is 6.21. The number of thioether (sulfide) groups is 1. The fourth-order valence-electron chi connectivity index (χ4n) is 2.56. The van der Waals surface area contributed by atoms with Crippen LogP contribution in [-0.4, -0.2) is 31.9 Å². The van der Waals surface area contributed by atoms with E-state index in [4.69, 9.17) is 0 Å². The quantitative estimate of drug-likeness (QED) is 0.651. The minimum absolute atomic E-state index is 0.521. The van der Waals surface area contributed by atoms with Crippen LogP contribution < -0.4 is 5.46 Å². The van der Waals surface area contributed by atoms with Crippen LogP contribution in [0.3, 0.4) is 0 Å². The van der Waals surface area contributed by atoms with E-state index in [1.54, 1.807) is 17.8 Å². The Balaban J connectivity index is 1.70. The summed E-state index contributed by atoms with van der Waals surface area (Å²) in [5, 5.41) is 28.0. The Hall–Kier alpha value is -1.31. The van der Waals surface area contributed by atoms with E-state index in [1.807, 2.05) is 18.2 Å². The lowest BCUT2D eigenvalue weighted by atomic mass is 9.80. The van der Waals surface area contributed by atoms with Gasteiger partial charge in [-0.15, -0.1) is 10.2 Å². The average Bonchev–Trinajstić information content (AvgIpc) is 2.72. The number of fused-ring (bicyclic) bond motifs is 1. The van der Waals surface area contributed by atoms with E-state index in [1.165, 1.54) is 19.3 Å². The van der Waals surface area contributed by atoms with Gasteiger partial charge in [-0.2, -0.15) is 0 Å². The highest BCUT2D eigenvalue weighted by atomic mass is 32.2. The van der Waals surface area contributed by atoms with E-state index >= 15 is 0 Å². The van der Waals surface area contributed by atoms with Crippen molar-refractivity contribution in [1.29, 1.82) is 0 Å². The predicted molar refractivity (Wildman–Crippen MR) is 83.4 cm³/mol. The third-order valence-electron chi connectivity index (χ3n) is 3.69. The largest absolute Gasteiger partial charge is 0.488 e. The lowest BCUT2D eigenvalue weighted by Crippen LogP contribution is -2.29. The molecule has 1 aliphatic rings. The summed E-state index contributed by atoms with van der Waals surface area (Å²) in [6, 6.07) is 7.35. The van der Waals surface area contributed by atoms with Gasteiger partial charge in [0.2, 0.25) is 0 Å². The molecule has 0 fully saturated rings. The monoisotopic (exact) mass is 303 g/mol. The molecule has 5 nitrogen and oxygen atoms in total. The van der Waals surface area contributed by atoms with Crippen molar-refractivity contribution in [2.75, 3.05) is 0 Å². The SMILES string of the molecule is OB(O)c1cccc(CSc2nnc3n2CCCCC3)c1. The van der Waals surface area contributed by atoms with Crippen molar-refractivity contribution in [3.05, 3.63) is 35.7 Å². The van der Waals surface area contributed by atoms with E-state index in [0.717, 1.165) is 35.3 Å². The maximum absolute atomic E-state index is 9.21. The van der Waals surface area contributed by atoms with Crippen molar-refractivity contribution in [3.8, 4) is 0 Å². The van der Waals surface area contributed by atoms with Gasteiger partial charge in [0.25, 0.3) is 0 Å². The van der Waals surface area contributed by atoms with Gasteiger partial charge < -0.3 is 14.6 Å². The lowest BCUT2D eigenvalue weighted by molar-refractivity contribution is 0.425. The first-order valence-electron chi connectivity index (χ1n) is 7.24. The molecule has 0 amide bonds. The molecule has 7 heteroatoms. The Bertz CT molecular complexity index is 618. The molecular weight excluding hydrogens is 285 g/mol. The molecular formula is C14H18BN3O2S. The van der Waals surface area contributed by atoms with E-state index in [2.05, 4.69) is 14.8 Å². The second kappa shape index (κ2) is 6.64. The van der Waals surface area contributed by atoms with Gasteiger partial charge >= 0.3 is 7.12 Å². The number of hydrogen-bond donors (Lipinski definition) is 2. The maximum atomic E-state index is 9.21. The van der Waals surface area contributed by atoms with Gasteiger partial charge in [-0.3, -0.25) is 0 Å². The molecule has 0 atom stereocenters. The number of aryl methyl sites for hydroxylation is 1. The topological polar surface area (TPSA) is 71.2 Å². The van der Waals surface area contributed by atoms with Crippen LogP contribution >= 0.6 is 11.8 Å². The van der Waals surface area contributed by atoms with Gasteiger partial charge in [-0.05, 0) is 23.9 Å². The molecule has 0 unspecified atom stereocenters. The van der Waals surface area contributed by atoms with Gasteiger partial charge in [-0.25, -0.2) is 0 Å². The first-order valence-corrected chi connectivity index (χ1v) is 8.22. The van der Waals surface area contributed by atoms with Crippen LogP contribution in [0.5, 0.6) is 0 Å². The molecule has 110 valence electrons. The summed E-state index contributed by atoms with van der Waals surface area (Å²) in [6.07, 6.45) is 4.65. The van der Waals surface area contributed by atoms with Crippen molar-refractivity contribution in [2.45, 2.75) is 43.1 Å². The molecule has 21 heavy (non-hydrogen) atoms. The smallest absolute Gasteiger partial charge is 0.423 e. The summed E-state index contributed by atoms with van der Waals surface area (Å²) in [5.41, 5.74) is 1.57. The highest BCUT2D eigenvalue weighted by Crippen LogP contribution is 2.24. The summed E-state index contributed by atoms with van der Waals surface area (Å²) in [6.45, 7) is 1.00. The zero-order valence-corrected chi connectivity index (χ0v) is 12.6. The van der Waals surface area contributed by atoms with Crippen molar-refractivity contribution >= 4 is 24.3 Å². The van der Waals surface area contributed by atoms with Gasteiger partial charge in [0, 0.05) is 18.7 Å². The number of rotatable bonds is 4. The van der Waals surface area contributed by atoms with Gasteiger partial charge in [0.05, 0.1) is 0 Å². The molecule has 1 aliphatic heterocycles. The van der Waals surface area contributed by atoms with E-state index < -0.39 is 7.12 Å². The fourth-order valence-corrected chi connectivity index (χ4v) is 3.48. The van der Waals surface area contributed by atoms with Crippen molar-refractivity contribution in [3.63, 3.8) is 0 Å². The number of aromatic nitrogens is 3. The van der Waals surface area contributed by atoms with Crippen LogP contribution in [0.15, 0.2) is 29.4 Å². The van der Waals surface area contributed by atoms with Crippen molar-refractivity contribution in [2.24, 2.45) is 0 Å². The summed E-state index contributed by atoms with van der Waals surface area (Å²) in [5.74, 6) is 1.84. The molecule has 1 aromatic carbocycles. The molecule has 0 aliphatic carbocycles. The van der Waals surface area contributed by atoms with E-state index in [0.29, 0.717) is 5.46 Å². The Labute approximate surface area is 128 Å². The zero-order valence-electron chi connectivity index (χ0n) is 11.8. The summed E-state index contributed by atoms with van der Waals surface area (Å²) < 4.78 is 2.22. The third-order valence-corrected chi connectivity index (χ3v) is 4.73. The number of hydrogen-bond acceptors (Lipinski definition) is 5. The second-order valence-electron chi connectivity index (χ2n) is 5.27. The van der Waals surface area contributed by atoms with Crippen molar-refractivity contribution < 1.29 is 10.0 Å². The fraction of sp³-hybridized carbons (Fsp3) is 0.429. The average molecular weight is 303 g/mol. The lowest BCUT2D eigenvalue weighted by Gasteiger charge is -2.07. The van der Waals surface area contributed by atoms with Crippen LogP contribution in [0.25, 0.3) is 0 Å². The van der Waals surface area contributed by atoms with Crippen LogP contribution in [0.4, 0.5) is 0 Å². The Kier molecular flexibility index (Phi) is 4.62. The van der Waals surface area contributed by atoms with Gasteiger partial charge in [-0.1, -0.05) is 42.4 Å². The summed E-state index contributed by atoms with van der Waals surface area (Å²) in [4.78, 5) is 0. The van der Waals surface area contributed by atoms with Crippen LogP contribution in [0.1, 0.15) is 30.7 Å². The Morgan fingerprint density at radius 2 is 2.10 bits per heavy atom. The summed E-state index contributed by atoms with van der Waals surface area (Å²) >= 11 is 1.65. The normalized spacial score (nSPS) is 14.6. The van der Waals surface area contributed by atoms with Crippen LogP contribution in [-0.2, 0) is 18.7 Å². The minimum Gasteiger partial charge on any atom is -0.423 e. The number of benzene rings is 1. The first kappa shape index (κ1) is 14.6. The van der Waals surface area contributed by atoms with Gasteiger partial charge in [0.1, 0.15) is 5.82 Å². The molecule has 2 N–H and O–H groups in total. The van der Waals surface area contributed by atoms with Crippen molar-refractivity contribution in [1.82, 2.24) is 14.8 Å². The zero-order chi connectivity index (χ0) is 14.7. The molecule has 0 bridgehead atoms. The highest BCUT2D eigenvalue weighted by Gasteiger charge is 2.15. The molecule has 0 radical (unpaired) electrons. The Morgan fingerprint density at radius 3 is 2.95 bits per heavy atom. The van der Waals surface area contributed by atoms with Gasteiger partial charge in [0.15, 0.2) is 5.16 Å². The molecule has 0 saturated carbocycles. The van der Waals surface area contributed by atoms with Crippen LogP contribution in [0.2, 0.25) is 0 Å². The molecule has 1 aromatic heterocycles.